The highest BCUT2D eigenvalue weighted by Gasteiger charge is 2.20. The van der Waals surface area contributed by atoms with Crippen molar-refractivity contribution in [3.05, 3.63) is 42.1 Å². The summed E-state index contributed by atoms with van der Waals surface area (Å²) < 4.78 is 28.4. The van der Waals surface area contributed by atoms with Crippen LogP contribution in [-0.2, 0) is 17.1 Å². The van der Waals surface area contributed by atoms with Gasteiger partial charge in [-0.1, -0.05) is 30.4 Å². The average Bonchev–Trinajstić information content (AvgIpc) is 2.74. The van der Waals surface area contributed by atoms with Crippen LogP contribution in [0.1, 0.15) is 5.56 Å². The maximum absolute atomic E-state index is 12.3. The fraction of sp³-hybridized carbons (Fsp3) is 0.0909. The summed E-state index contributed by atoms with van der Waals surface area (Å²) in [4.78, 5) is 0.0650. The van der Waals surface area contributed by atoms with E-state index in [4.69, 9.17) is 18.0 Å². The number of rotatable bonds is 4. The van der Waals surface area contributed by atoms with Crippen LogP contribution in [0.5, 0.6) is 0 Å². The van der Waals surface area contributed by atoms with E-state index in [2.05, 4.69) is 9.82 Å². The number of hydrogen-bond acceptors (Lipinski definition) is 4. The molecule has 0 aliphatic heterocycles. The van der Waals surface area contributed by atoms with Crippen molar-refractivity contribution < 1.29 is 8.42 Å². The van der Waals surface area contributed by atoms with E-state index in [1.54, 1.807) is 37.5 Å². The molecule has 3 N–H and O–H groups in total. The van der Waals surface area contributed by atoms with Crippen LogP contribution in [0, 0.1) is 0 Å². The molecule has 0 saturated carbocycles. The van der Waals surface area contributed by atoms with Crippen LogP contribution in [-0.4, -0.2) is 23.2 Å². The molecule has 0 saturated heterocycles. The third-order valence-corrected chi connectivity index (χ3v) is 4.03. The van der Waals surface area contributed by atoms with Gasteiger partial charge in [-0.25, -0.2) is 8.42 Å². The number of nitrogens with one attached hydrogen (secondary N) is 1. The number of hydrogen-bond donors (Lipinski definition) is 2. The van der Waals surface area contributed by atoms with Crippen molar-refractivity contribution in [2.24, 2.45) is 12.8 Å². The first kappa shape index (κ1) is 13.5. The molecule has 2 rings (SSSR count). The molecule has 0 atom stereocenters. The van der Waals surface area contributed by atoms with E-state index in [-0.39, 0.29) is 15.7 Å². The zero-order valence-electron chi connectivity index (χ0n) is 10.1. The Morgan fingerprint density at radius 3 is 2.63 bits per heavy atom. The topological polar surface area (TPSA) is 90.0 Å². The highest BCUT2D eigenvalue weighted by atomic mass is 32.2. The van der Waals surface area contributed by atoms with Crippen molar-refractivity contribution in [2.75, 3.05) is 4.72 Å². The summed E-state index contributed by atoms with van der Waals surface area (Å²) in [5.74, 6) is 0.236. The first-order valence-electron chi connectivity index (χ1n) is 5.31. The molecular formula is C11H12N4O2S2. The van der Waals surface area contributed by atoms with E-state index in [9.17, 15) is 8.42 Å². The summed E-state index contributed by atoms with van der Waals surface area (Å²) in [6.45, 7) is 0. The van der Waals surface area contributed by atoms with Crippen molar-refractivity contribution in [1.82, 2.24) is 9.78 Å². The van der Waals surface area contributed by atoms with Gasteiger partial charge in [0.25, 0.3) is 10.0 Å². The number of nitrogens with two attached hydrogens (primary N) is 1. The van der Waals surface area contributed by atoms with Crippen LogP contribution < -0.4 is 10.5 Å². The van der Waals surface area contributed by atoms with Crippen LogP contribution in [0.15, 0.2) is 41.4 Å². The quantitative estimate of drug-likeness (QED) is 0.817. The number of aryl methyl sites for hydroxylation is 1. The Kier molecular flexibility index (Phi) is 3.54. The summed E-state index contributed by atoms with van der Waals surface area (Å²) in [7, 11) is -2.07. The lowest BCUT2D eigenvalue weighted by molar-refractivity contribution is 0.600. The van der Waals surface area contributed by atoms with Crippen LogP contribution in [0.4, 0.5) is 5.82 Å². The average molecular weight is 296 g/mol. The van der Waals surface area contributed by atoms with E-state index < -0.39 is 10.0 Å². The monoisotopic (exact) mass is 296 g/mol. The van der Waals surface area contributed by atoms with E-state index in [0.29, 0.717) is 5.56 Å². The molecule has 1 aromatic carbocycles. The number of sulfonamides is 1. The van der Waals surface area contributed by atoms with Gasteiger partial charge in [-0.05, 0) is 6.07 Å². The highest BCUT2D eigenvalue weighted by molar-refractivity contribution is 7.93. The van der Waals surface area contributed by atoms with E-state index >= 15 is 0 Å². The highest BCUT2D eigenvalue weighted by Crippen LogP contribution is 2.18. The summed E-state index contributed by atoms with van der Waals surface area (Å²) >= 11 is 4.85. The SMILES string of the molecule is Cn1ccc(NS(=O)(=O)c2ccccc2C(N)=S)n1. The Morgan fingerprint density at radius 2 is 2.05 bits per heavy atom. The van der Waals surface area contributed by atoms with Crippen molar-refractivity contribution in [3.8, 4) is 0 Å². The minimum Gasteiger partial charge on any atom is -0.389 e. The van der Waals surface area contributed by atoms with Gasteiger partial charge < -0.3 is 5.73 Å². The van der Waals surface area contributed by atoms with Gasteiger partial charge in [0.05, 0.1) is 4.90 Å². The second-order valence-electron chi connectivity index (χ2n) is 3.84. The van der Waals surface area contributed by atoms with Gasteiger partial charge in [0.15, 0.2) is 5.82 Å². The molecule has 1 aromatic heterocycles. The van der Waals surface area contributed by atoms with Crippen LogP contribution in [0.2, 0.25) is 0 Å². The smallest absolute Gasteiger partial charge is 0.263 e. The lowest BCUT2D eigenvalue weighted by Crippen LogP contribution is -2.20. The minimum atomic E-state index is -3.77. The molecule has 0 aliphatic carbocycles. The van der Waals surface area contributed by atoms with Gasteiger partial charge in [-0.2, -0.15) is 5.10 Å². The molecule has 0 amide bonds. The molecule has 6 nitrogen and oxygen atoms in total. The summed E-state index contributed by atoms with van der Waals surface area (Å²) in [5, 5.41) is 3.96. The van der Waals surface area contributed by atoms with Gasteiger partial charge in [-0.15, -0.1) is 0 Å². The largest absolute Gasteiger partial charge is 0.389 e. The molecule has 0 radical (unpaired) electrons. The van der Waals surface area contributed by atoms with Crippen LogP contribution >= 0.6 is 12.2 Å². The Morgan fingerprint density at radius 1 is 1.37 bits per heavy atom. The lowest BCUT2D eigenvalue weighted by Gasteiger charge is -2.09. The molecule has 0 aliphatic rings. The van der Waals surface area contributed by atoms with E-state index in [1.807, 2.05) is 0 Å². The molecule has 19 heavy (non-hydrogen) atoms. The molecule has 8 heteroatoms. The second kappa shape index (κ2) is 4.98. The Labute approximate surface area is 116 Å². The maximum atomic E-state index is 12.3. The third-order valence-electron chi connectivity index (χ3n) is 2.39. The standard InChI is InChI=1S/C11H12N4O2S2/c1-15-7-6-10(13-15)14-19(16,17)9-5-3-2-4-8(9)11(12)18/h2-7H,1H3,(H2,12,18)(H,13,14). The number of nitrogens with zero attached hydrogens (tertiary/aromatic N) is 2. The normalized spacial score (nSPS) is 11.2. The molecule has 100 valence electrons. The Hall–Kier alpha value is -1.93. The summed E-state index contributed by atoms with van der Waals surface area (Å²) in [6, 6.07) is 7.85. The van der Waals surface area contributed by atoms with Gasteiger partial charge in [0.2, 0.25) is 0 Å². The minimum absolute atomic E-state index is 0.0296. The molecule has 2 aromatic rings. The predicted molar refractivity (Wildman–Crippen MR) is 76.3 cm³/mol. The van der Waals surface area contributed by atoms with Crippen molar-refractivity contribution in [2.45, 2.75) is 4.90 Å². The second-order valence-corrected chi connectivity index (χ2v) is 5.93. The van der Waals surface area contributed by atoms with Crippen molar-refractivity contribution in [3.63, 3.8) is 0 Å². The Balaban J connectivity index is 2.43. The van der Waals surface area contributed by atoms with Gasteiger partial charge >= 0.3 is 0 Å². The Bertz CT molecular complexity index is 722. The van der Waals surface area contributed by atoms with Gasteiger partial charge in [0.1, 0.15) is 4.99 Å². The molecule has 0 bridgehead atoms. The zero-order chi connectivity index (χ0) is 14.0. The molecule has 0 unspecified atom stereocenters. The van der Waals surface area contributed by atoms with Crippen molar-refractivity contribution >= 4 is 33.0 Å². The van der Waals surface area contributed by atoms with Crippen LogP contribution in [0.3, 0.4) is 0 Å². The molecule has 0 fully saturated rings. The fourth-order valence-electron chi connectivity index (χ4n) is 1.57. The number of aromatic nitrogens is 2. The van der Waals surface area contributed by atoms with Gasteiger partial charge in [0, 0.05) is 24.9 Å². The van der Waals surface area contributed by atoms with E-state index in [0.717, 1.165) is 0 Å². The molecule has 1 heterocycles. The van der Waals surface area contributed by atoms with Crippen LogP contribution in [0.25, 0.3) is 0 Å². The third kappa shape index (κ3) is 2.91. The zero-order valence-corrected chi connectivity index (χ0v) is 11.7. The number of anilines is 1. The summed E-state index contributed by atoms with van der Waals surface area (Å²) in [6.07, 6.45) is 1.64. The van der Waals surface area contributed by atoms with Crippen molar-refractivity contribution in [1.29, 1.82) is 0 Å². The molecule has 0 spiro atoms. The number of thiocarbonyl (C=S) groups is 1. The van der Waals surface area contributed by atoms with E-state index in [1.165, 1.54) is 10.7 Å². The maximum Gasteiger partial charge on any atom is 0.263 e. The first-order chi connectivity index (χ1) is 8.90. The molecular weight excluding hydrogens is 284 g/mol. The van der Waals surface area contributed by atoms with Gasteiger partial charge in [-0.3, -0.25) is 9.40 Å². The lowest BCUT2D eigenvalue weighted by atomic mass is 10.2. The number of benzene rings is 1. The summed E-state index contributed by atoms with van der Waals surface area (Å²) in [5.41, 5.74) is 5.83. The fourth-order valence-corrected chi connectivity index (χ4v) is 3.03. The predicted octanol–water partition coefficient (Wildman–Crippen LogP) is 0.855. The first-order valence-corrected chi connectivity index (χ1v) is 7.20.